The summed E-state index contributed by atoms with van der Waals surface area (Å²) in [7, 11) is 0. The first-order valence-electron chi connectivity index (χ1n) is 15.9. The summed E-state index contributed by atoms with van der Waals surface area (Å²) in [5, 5.41) is 10.6. The summed E-state index contributed by atoms with van der Waals surface area (Å²) in [6.07, 6.45) is 5.04. The molecule has 0 aliphatic carbocycles. The fraction of sp³-hybridized carbons (Fsp3) is 0.432. The Bertz CT molecular complexity index is 1660. The van der Waals surface area contributed by atoms with Crippen molar-refractivity contribution in [3.05, 3.63) is 89.4 Å². The summed E-state index contributed by atoms with van der Waals surface area (Å²) in [4.78, 5) is 24.8. The number of halogens is 1. The van der Waals surface area contributed by atoms with Crippen molar-refractivity contribution in [2.75, 3.05) is 24.6 Å². The van der Waals surface area contributed by atoms with Crippen LogP contribution < -0.4 is 9.64 Å². The highest BCUT2D eigenvalue weighted by Crippen LogP contribution is 2.46. The SMILES string of the molecule is Cc1cn(-c2nc(C)c([C@H](OC(C)(C)C)C(=O)O)c(N3CCC(C)(C)CC3)c2-c2ccc(OCCc3ccc(F)cc3)cc2)cn1. The van der Waals surface area contributed by atoms with Crippen LogP contribution >= 0.6 is 0 Å². The molecule has 46 heavy (non-hydrogen) atoms. The molecule has 0 spiro atoms. The number of piperidine rings is 1. The van der Waals surface area contributed by atoms with Gasteiger partial charge in [0, 0.05) is 42.5 Å². The number of hydrogen-bond donors (Lipinski definition) is 1. The van der Waals surface area contributed by atoms with Crippen molar-refractivity contribution < 1.29 is 23.8 Å². The molecule has 2 aromatic carbocycles. The minimum absolute atomic E-state index is 0.185. The number of benzene rings is 2. The highest BCUT2D eigenvalue weighted by atomic mass is 19.1. The quantitative estimate of drug-likeness (QED) is 0.191. The smallest absolute Gasteiger partial charge is 0.337 e. The summed E-state index contributed by atoms with van der Waals surface area (Å²) < 4.78 is 27.5. The Morgan fingerprint density at radius 3 is 2.26 bits per heavy atom. The van der Waals surface area contributed by atoms with E-state index in [4.69, 9.17) is 14.5 Å². The van der Waals surface area contributed by atoms with Crippen LogP contribution in [-0.4, -0.2) is 50.9 Å². The molecule has 0 bridgehead atoms. The van der Waals surface area contributed by atoms with Gasteiger partial charge in [-0.05, 0) is 88.3 Å². The van der Waals surface area contributed by atoms with Crippen molar-refractivity contribution in [3.8, 4) is 22.7 Å². The maximum absolute atomic E-state index is 13.3. The molecule has 0 amide bonds. The van der Waals surface area contributed by atoms with E-state index in [1.165, 1.54) is 12.1 Å². The summed E-state index contributed by atoms with van der Waals surface area (Å²) in [5.74, 6) is 0.0606. The van der Waals surface area contributed by atoms with Gasteiger partial charge >= 0.3 is 5.97 Å². The number of rotatable bonds is 10. The lowest BCUT2D eigenvalue weighted by molar-refractivity contribution is -0.160. The van der Waals surface area contributed by atoms with E-state index in [-0.39, 0.29) is 11.2 Å². The lowest BCUT2D eigenvalue weighted by Gasteiger charge is -2.41. The van der Waals surface area contributed by atoms with E-state index in [0.29, 0.717) is 35.9 Å². The number of ether oxygens (including phenoxy) is 2. The molecule has 1 N–H and O–H groups in total. The zero-order chi connectivity index (χ0) is 33.2. The maximum Gasteiger partial charge on any atom is 0.337 e. The van der Waals surface area contributed by atoms with Crippen LogP contribution in [0.1, 0.15) is 76.1 Å². The molecule has 8 nitrogen and oxygen atoms in total. The molecule has 1 atom stereocenters. The highest BCUT2D eigenvalue weighted by molar-refractivity contribution is 5.90. The van der Waals surface area contributed by atoms with Gasteiger partial charge in [0.2, 0.25) is 0 Å². The average Bonchev–Trinajstić information content (AvgIpc) is 3.42. The largest absolute Gasteiger partial charge is 0.493 e. The van der Waals surface area contributed by atoms with Crippen LogP contribution in [-0.2, 0) is 16.0 Å². The van der Waals surface area contributed by atoms with Gasteiger partial charge < -0.3 is 19.5 Å². The molecule has 2 aromatic heterocycles. The van der Waals surface area contributed by atoms with E-state index < -0.39 is 17.7 Å². The molecule has 1 fully saturated rings. The first-order valence-corrected chi connectivity index (χ1v) is 15.9. The van der Waals surface area contributed by atoms with Crippen LogP contribution in [0.25, 0.3) is 16.9 Å². The third kappa shape index (κ3) is 7.76. The van der Waals surface area contributed by atoms with Crippen LogP contribution in [0.2, 0.25) is 0 Å². The average molecular weight is 629 g/mol. The number of imidazole rings is 1. The number of aromatic nitrogens is 3. The summed E-state index contributed by atoms with van der Waals surface area (Å²) in [5.41, 5.74) is 5.01. The van der Waals surface area contributed by atoms with Gasteiger partial charge in [-0.3, -0.25) is 4.57 Å². The molecule has 1 saturated heterocycles. The van der Waals surface area contributed by atoms with E-state index in [1.807, 2.05) is 69.6 Å². The minimum Gasteiger partial charge on any atom is -0.493 e. The van der Waals surface area contributed by atoms with Gasteiger partial charge in [0.25, 0.3) is 0 Å². The topological polar surface area (TPSA) is 89.7 Å². The van der Waals surface area contributed by atoms with Crippen molar-refractivity contribution in [3.63, 3.8) is 0 Å². The van der Waals surface area contributed by atoms with E-state index in [9.17, 15) is 14.3 Å². The zero-order valence-electron chi connectivity index (χ0n) is 27.9. The van der Waals surface area contributed by atoms with E-state index in [1.54, 1.807) is 18.5 Å². The van der Waals surface area contributed by atoms with Crippen molar-refractivity contribution in [1.82, 2.24) is 14.5 Å². The summed E-state index contributed by atoms with van der Waals surface area (Å²) >= 11 is 0. The second kappa shape index (κ2) is 13.2. The van der Waals surface area contributed by atoms with Crippen LogP contribution in [0.4, 0.5) is 10.1 Å². The number of aryl methyl sites for hydroxylation is 2. The predicted octanol–water partition coefficient (Wildman–Crippen LogP) is 7.88. The second-order valence-corrected chi connectivity index (χ2v) is 13.9. The number of aliphatic carboxylic acids is 1. The van der Waals surface area contributed by atoms with E-state index in [0.717, 1.165) is 54.0 Å². The molecule has 1 aliphatic rings. The van der Waals surface area contributed by atoms with Crippen molar-refractivity contribution in [2.45, 2.75) is 79.4 Å². The van der Waals surface area contributed by atoms with E-state index >= 15 is 0 Å². The number of carboxylic acids is 1. The number of nitrogens with zero attached hydrogens (tertiary/aromatic N) is 4. The van der Waals surface area contributed by atoms with E-state index in [2.05, 4.69) is 23.7 Å². The van der Waals surface area contributed by atoms with Crippen molar-refractivity contribution in [2.24, 2.45) is 5.41 Å². The van der Waals surface area contributed by atoms with Crippen molar-refractivity contribution in [1.29, 1.82) is 0 Å². The standard InChI is InChI=1S/C37H45FN4O4/c1-24-22-42(23-39-24)34-31(27-10-14-29(15-11-27)45-21-16-26-8-12-28(38)13-9-26)32(41-19-17-37(6,7)18-20-41)30(25(2)40-34)33(35(43)44)46-36(3,4)5/h8-15,22-23,33H,16-21H2,1-7H3,(H,43,44)/t33-/m0/s1. The number of hydrogen-bond acceptors (Lipinski definition) is 6. The Balaban J connectivity index is 1.63. The fourth-order valence-electron chi connectivity index (χ4n) is 5.90. The third-order valence-electron chi connectivity index (χ3n) is 8.44. The number of anilines is 1. The highest BCUT2D eigenvalue weighted by Gasteiger charge is 2.37. The van der Waals surface area contributed by atoms with Gasteiger partial charge in [-0.15, -0.1) is 0 Å². The minimum atomic E-state index is -1.22. The summed E-state index contributed by atoms with van der Waals surface area (Å²) in [6, 6.07) is 14.3. The van der Waals surface area contributed by atoms with Gasteiger partial charge in [0.1, 0.15) is 23.7 Å². The molecule has 3 heterocycles. The molecule has 1 aliphatic heterocycles. The molecule has 9 heteroatoms. The third-order valence-corrected chi connectivity index (χ3v) is 8.44. The van der Waals surface area contributed by atoms with Gasteiger partial charge in [-0.1, -0.05) is 38.1 Å². The first-order chi connectivity index (χ1) is 21.7. The summed E-state index contributed by atoms with van der Waals surface area (Å²) in [6.45, 7) is 15.9. The molecular weight excluding hydrogens is 583 g/mol. The zero-order valence-corrected chi connectivity index (χ0v) is 27.9. The molecule has 0 radical (unpaired) electrons. The normalized spacial score (nSPS) is 15.5. The fourth-order valence-corrected chi connectivity index (χ4v) is 5.90. The van der Waals surface area contributed by atoms with Crippen LogP contribution in [0.15, 0.2) is 61.1 Å². The van der Waals surface area contributed by atoms with Gasteiger partial charge in [0.15, 0.2) is 6.10 Å². The number of carboxylic acid groups (broad SMARTS) is 1. The number of carbonyl (C=O) groups is 1. The molecule has 0 saturated carbocycles. The number of pyridine rings is 1. The Morgan fingerprint density at radius 2 is 1.70 bits per heavy atom. The van der Waals surface area contributed by atoms with Crippen LogP contribution in [0, 0.1) is 25.1 Å². The Labute approximate surface area is 271 Å². The lowest BCUT2D eigenvalue weighted by atomic mass is 9.82. The molecule has 4 aromatic rings. The van der Waals surface area contributed by atoms with Gasteiger partial charge in [-0.2, -0.15) is 0 Å². The molecule has 244 valence electrons. The van der Waals surface area contributed by atoms with Gasteiger partial charge in [-0.25, -0.2) is 19.2 Å². The van der Waals surface area contributed by atoms with Crippen LogP contribution in [0.3, 0.4) is 0 Å². The Hall–Kier alpha value is -4.24. The molecule has 5 rings (SSSR count). The second-order valence-electron chi connectivity index (χ2n) is 13.9. The molecular formula is C37H45FN4O4. The first kappa shape index (κ1) is 33.1. The predicted molar refractivity (Wildman–Crippen MR) is 178 cm³/mol. The van der Waals surface area contributed by atoms with Crippen LogP contribution in [0.5, 0.6) is 5.75 Å². The van der Waals surface area contributed by atoms with Gasteiger partial charge in [0.05, 0.1) is 23.6 Å². The Kier molecular flexibility index (Phi) is 9.54. The Morgan fingerprint density at radius 1 is 1.04 bits per heavy atom. The maximum atomic E-state index is 13.3. The van der Waals surface area contributed by atoms with Crippen molar-refractivity contribution >= 4 is 11.7 Å². The lowest BCUT2D eigenvalue weighted by Crippen LogP contribution is -2.39. The monoisotopic (exact) mass is 628 g/mol. The molecule has 0 unspecified atom stereocenters.